The Bertz CT molecular complexity index is 723. The second-order valence-corrected chi connectivity index (χ2v) is 5.12. The Morgan fingerprint density at radius 2 is 1.87 bits per heavy atom. The molecule has 1 aromatic carbocycles. The average Bonchev–Trinajstić information content (AvgIpc) is 2.89. The van der Waals surface area contributed by atoms with Gasteiger partial charge in [0.1, 0.15) is 0 Å². The number of esters is 2. The fourth-order valence-corrected chi connectivity index (χ4v) is 2.46. The number of para-hydroxylation sites is 2. The number of hydrogen-bond acceptors (Lipinski definition) is 5. The van der Waals surface area contributed by atoms with Crippen LogP contribution in [0.2, 0.25) is 5.28 Å². The first-order valence-electron chi connectivity index (χ1n) is 7.00. The van der Waals surface area contributed by atoms with Crippen molar-refractivity contribution >= 4 is 34.6 Å². The van der Waals surface area contributed by atoms with E-state index in [0.717, 1.165) is 11.0 Å². The van der Waals surface area contributed by atoms with Gasteiger partial charge in [0, 0.05) is 6.54 Å². The highest BCUT2D eigenvalue weighted by Gasteiger charge is 2.27. The molecule has 7 heteroatoms. The Labute approximate surface area is 138 Å². The number of carbonyl (C=O) groups excluding carboxylic acids is 2. The molecule has 0 atom stereocenters. The van der Waals surface area contributed by atoms with Crippen molar-refractivity contribution in [2.24, 2.45) is 5.92 Å². The number of imidazole rings is 1. The van der Waals surface area contributed by atoms with E-state index in [4.69, 9.17) is 11.6 Å². The van der Waals surface area contributed by atoms with Crippen LogP contribution in [-0.4, -0.2) is 35.7 Å². The van der Waals surface area contributed by atoms with Gasteiger partial charge in [-0.15, -0.1) is 0 Å². The van der Waals surface area contributed by atoms with Crippen LogP contribution in [0.4, 0.5) is 0 Å². The first-order chi connectivity index (χ1) is 11.1. The van der Waals surface area contributed by atoms with Gasteiger partial charge in [0.2, 0.25) is 5.28 Å². The summed E-state index contributed by atoms with van der Waals surface area (Å²) in [6, 6.07) is 7.61. The quantitative estimate of drug-likeness (QED) is 0.460. The number of aromatic nitrogens is 2. The summed E-state index contributed by atoms with van der Waals surface area (Å²) in [6.45, 7) is 0.481. The summed E-state index contributed by atoms with van der Waals surface area (Å²) < 4.78 is 11.0. The van der Waals surface area contributed by atoms with Crippen LogP contribution in [0, 0.1) is 5.92 Å². The number of ether oxygens (including phenoxy) is 2. The minimum Gasteiger partial charge on any atom is -0.468 e. The van der Waals surface area contributed by atoms with E-state index in [1.54, 1.807) is 6.08 Å². The first-order valence-corrected chi connectivity index (χ1v) is 7.37. The van der Waals surface area contributed by atoms with Gasteiger partial charge < -0.3 is 14.0 Å². The predicted octanol–water partition coefficient (Wildman–Crippen LogP) is 2.60. The van der Waals surface area contributed by atoms with Crippen molar-refractivity contribution in [3.63, 3.8) is 0 Å². The molecule has 0 spiro atoms. The Balaban J connectivity index is 2.07. The van der Waals surface area contributed by atoms with Crippen LogP contribution in [-0.2, 0) is 25.6 Å². The molecule has 2 aromatic rings. The third kappa shape index (κ3) is 3.90. The Hall–Kier alpha value is -2.34. The zero-order valence-electron chi connectivity index (χ0n) is 12.9. The van der Waals surface area contributed by atoms with Crippen LogP contribution in [0.1, 0.15) is 6.42 Å². The van der Waals surface area contributed by atoms with E-state index >= 15 is 0 Å². The molecule has 0 fully saturated rings. The van der Waals surface area contributed by atoms with E-state index in [2.05, 4.69) is 14.5 Å². The van der Waals surface area contributed by atoms with Gasteiger partial charge in [-0.05, 0) is 30.2 Å². The number of allylic oxidation sites excluding steroid dienone is 2. The van der Waals surface area contributed by atoms with Gasteiger partial charge in [0.25, 0.3) is 0 Å². The SMILES string of the molecule is COC(=O)C(C/C=C/Cn1c(Cl)nc2ccccc21)C(=O)OC. The van der Waals surface area contributed by atoms with Crippen LogP contribution in [0.25, 0.3) is 11.0 Å². The lowest BCUT2D eigenvalue weighted by Gasteiger charge is -2.09. The molecule has 0 aliphatic carbocycles. The zero-order chi connectivity index (χ0) is 16.8. The maximum Gasteiger partial charge on any atom is 0.320 e. The molecule has 1 heterocycles. The van der Waals surface area contributed by atoms with E-state index in [1.807, 2.05) is 34.9 Å². The molecule has 0 saturated carbocycles. The van der Waals surface area contributed by atoms with Gasteiger partial charge in [-0.25, -0.2) is 4.98 Å². The molecule has 122 valence electrons. The summed E-state index contributed by atoms with van der Waals surface area (Å²) in [4.78, 5) is 27.4. The third-order valence-electron chi connectivity index (χ3n) is 3.41. The normalized spacial score (nSPS) is 11.3. The highest BCUT2D eigenvalue weighted by atomic mass is 35.5. The van der Waals surface area contributed by atoms with Gasteiger partial charge in [0.05, 0.1) is 25.3 Å². The summed E-state index contributed by atoms with van der Waals surface area (Å²) in [6.07, 6.45) is 3.74. The number of hydrogen-bond donors (Lipinski definition) is 0. The molecule has 0 N–H and O–H groups in total. The molecule has 6 nitrogen and oxygen atoms in total. The molecular weight excluding hydrogens is 320 g/mol. The van der Waals surface area contributed by atoms with Crippen molar-refractivity contribution in [3.05, 3.63) is 41.7 Å². The minimum absolute atomic E-state index is 0.198. The summed E-state index contributed by atoms with van der Waals surface area (Å²) in [5.74, 6) is -2.20. The van der Waals surface area contributed by atoms with Crippen LogP contribution in [0.3, 0.4) is 0 Å². The van der Waals surface area contributed by atoms with E-state index in [0.29, 0.717) is 11.8 Å². The number of rotatable bonds is 6. The monoisotopic (exact) mass is 336 g/mol. The molecule has 0 saturated heterocycles. The summed E-state index contributed by atoms with van der Waals surface area (Å²) in [5, 5.41) is 0.383. The lowest BCUT2D eigenvalue weighted by molar-refractivity contribution is -0.158. The summed E-state index contributed by atoms with van der Waals surface area (Å²) in [5.41, 5.74) is 1.73. The van der Waals surface area contributed by atoms with Gasteiger partial charge in [0.15, 0.2) is 5.92 Å². The maximum absolute atomic E-state index is 11.6. The second kappa shape index (κ2) is 7.78. The highest BCUT2D eigenvalue weighted by Crippen LogP contribution is 2.19. The number of nitrogens with zero attached hydrogens (tertiary/aromatic N) is 2. The van der Waals surface area contributed by atoms with E-state index in [9.17, 15) is 9.59 Å². The van der Waals surface area contributed by atoms with Crippen molar-refractivity contribution in [1.82, 2.24) is 9.55 Å². The molecule has 0 aliphatic rings. The van der Waals surface area contributed by atoms with Crippen molar-refractivity contribution in [2.75, 3.05) is 14.2 Å². The zero-order valence-corrected chi connectivity index (χ0v) is 13.6. The van der Waals surface area contributed by atoms with Crippen LogP contribution in [0.15, 0.2) is 36.4 Å². The van der Waals surface area contributed by atoms with E-state index in [1.165, 1.54) is 14.2 Å². The molecular formula is C16H17ClN2O4. The number of halogens is 1. The smallest absolute Gasteiger partial charge is 0.320 e. The largest absolute Gasteiger partial charge is 0.468 e. The number of methoxy groups -OCH3 is 2. The molecule has 0 bridgehead atoms. The number of benzene rings is 1. The average molecular weight is 337 g/mol. The van der Waals surface area contributed by atoms with Crippen LogP contribution >= 0.6 is 11.6 Å². The van der Waals surface area contributed by atoms with Crippen LogP contribution in [0.5, 0.6) is 0 Å². The van der Waals surface area contributed by atoms with Crippen molar-refractivity contribution in [2.45, 2.75) is 13.0 Å². The molecule has 0 radical (unpaired) electrons. The number of carbonyl (C=O) groups is 2. The standard InChI is InChI=1S/C16H17ClN2O4/c1-22-14(20)11(15(21)23-2)7-5-6-10-19-13-9-4-3-8-12(13)18-16(19)17/h3-6,8-9,11H,7,10H2,1-2H3/b6-5+. The fourth-order valence-electron chi connectivity index (χ4n) is 2.21. The predicted molar refractivity (Wildman–Crippen MR) is 86.0 cm³/mol. The van der Waals surface area contributed by atoms with Crippen molar-refractivity contribution in [1.29, 1.82) is 0 Å². The molecule has 0 aliphatic heterocycles. The second-order valence-electron chi connectivity index (χ2n) is 4.79. The fraction of sp³-hybridized carbons (Fsp3) is 0.312. The first kappa shape index (κ1) is 17.0. The van der Waals surface area contributed by atoms with E-state index in [-0.39, 0.29) is 6.42 Å². The Kier molecular flexibility index (Phi) is 5.76. The Morgan fingerprint density at radius 1 is 1.22 bits per heavy atom. The van der Waals surface area contributed by atoms with Gasteiger partial charge >= 0.3 is 11.9 Å². The van der Waals surface area contributed by atoms with Crippen LogP contribution < -0.4 is 0 Å². The molecule has 2 rings (SSSR count). The molecule has 0 unspecified atom stereocenters. The molecule has 0 amide bonds. The summed E-state index contributed by atoms with van der Waals surface area (Å²) in [7, 11) is 2.47. The van der Waals surface area contributed by atoms with E-state index < -0.39 is 17.9 Å². The number of fused-ring (bicyclic) bond motifs is 1. The lowest BCUT2D eigenvalue weighted by atomic mass is 10.1. The topological polar surface area (TPSA) is 70.4 Å². The third-order valence-corrected chi connectivity index (χ3v) is 3.69. The molecule has 23 heavy (non-hydrogen) atoms. The van der Waals surface area contributed by atoms with Gasteiger partial charge in [-0.1, -0.05) is 24.3 Å². The van der Waals surface area contributed by atoms with Crippen molar-refractivity contribution < 1.29 is 19.1 Å². The Morgan fingerprint density at radius 3 is 2.52 bits per heavy atom. The summed E-state index contributed by atoms with van der Waals surface area (Å²) >= 11 is 6.12. The maximum atomic E-state index is 11.6. The minimum atomic E-state index is -0.962. The van der Waals surface area contributed by atoms with Crippen molar-refractivity contribution in [3.8, 4) is 0 Å². The molecule has 1 aromatic heterocycles. The van der Waals surface area contributed by atoms with Gasteiger partial charge in [-0.2, -0.15) is 0 Å². The highest BCUT2D eigenvalue weighted by molar-refractivity contribution is 6.29. The lowest BCUT2D eigenvalue weighted by Crippen LogP contribution is -2.25. The van der Waals surface area contributed by atoms with Gasteiger partial charge in [-0.3, -0.25) is 9.59 Å².